The summed E-state index contributed by atoms with van der Waals surface area (Å²) in [6.07, 6.45) is 0.0703. The largest absolute Gasteiger partial charge is 0.480 e. The summed E-state index contributed by atoms with van der Waals surface area (Å²) >= 11 is 0. The molecule has 0 aliphatic carbocycles. The number of aliphatic carboxylic acids is 1. The summed E-state index contributed by atoms with van der Waals surface area (Å²) in [5, 5.41) is 12.0. The van der Waals surface area contributed by atoms with Gasteiger partial charge in [-0.15, -0.1) is 0 Å². The minimum atomic E-state index is -3.06. The molecule has 1 aliphatic rings. The number of hydrogen-bond donors (Lipinski definition) is 2. The van der Waals surface area contributed by atoms with Gasteiger partial charge in [-0.05, 0) is 12.0 Å². The SMILES string of the molecule is CCCC1(C(=O)O)CC(F)(F)C(c2ccccc2)N1. The van der Waals surface area contributed by atoms with Gasteiger partial charge in [0.05, 0.1) is 6.04 Å². The zero-order valence-corrected chi connectivity index (χ0v) is 10.7. The minimum Gasteiger partial charge on any atom is -0.480 e. The molecular weight excluding hydrogens is 252 g/mol. The van der Waals surface area contributed by atoms with E-state index in [4.69, 9.17) is 0 Å². The van der Waals surface area contributed by atoms with Crippen molar-refractivity contribution < 1.29 is 18.7 Å². The molecule has 2 unspecified atom stereocenters. The van der Waals surface area contributed by atoms with Gasteiger partial charge in [0.1, 0.15) is 5.54 Å². The summed E-state index contributed by atoms with van der Waals surface area (Å²) in [4.78, 5) is 11.4. The van der Waals surface area contributed by atoms with Crippen LogP contribution >= 0.6 is 0 Å². The van der Waals surface area contributed by atoms with Crippen LogP contribution in [0.3, 0.4) is 0 Å². The van der Waals surface area contributed by atoms with Crippen LogP contribution in [-0.4, -0.2) is 22.5 Å². The van der Waals surface area contributed by atoms with E-state index in [1.807, 2.05) is 0 Å². The molecule has 3 nitrogen and oxygen atoms in total. The molecule has 2 atom stereocenters. The van der Waals surface area contributed by atoms with Crippen LogP contribution in [0.2, 0.25) is 0 Å². The van der Waals surface area contributed by atoms with Crippen molar-refractivity contribution in [1.82, 2.24) is 5.32 Å². The molecule has 1 heterocycles. The third-order valence-electron chi connectivity index (χ3n) is 3.60. The number of alkyl halides is 2. The first-order chi connectivity index (χ1) is 8.91. The fraction of sp³-hybridized carbons (Fsp3) is 0.500. The number of halogens is 2. The van der Waals surface area contributed by atoms with Crippen LogP contribution in [0.4, 0.5) is 8.78 Å². The van der Waals surface area contributed by atoms with E-state index in [1.165, 1.54) is 0 Å². The lowest BCUT2D eigenvalue weighted by molar-refractivity contribution is -0.145. The number of carbonyl (C=O) groups is 1. The quantitative estimate of drug-likeness (QED) is 0.883. The van der Waals surface area contributed by atoms with Crippen molar-refractivity contribution in [3.05, 3.63) is 35.9 Å². The highest BCUT2D eigenvalue weighted by atomic mass is 19.3. The molecule has 2 rings (SSSR count). The Bertz CT molecular complexity index is 464. The lowest BCUT2D eigenvalue weighted by Crippen LogP contribution is -2.48. The van der Waals surface area contributed by atoms with Crippen LogP contribution in [0.5, 0.6) is 0 Å². The first-order valence-electron chi connectivity index (χ1n) is 6.35. The van der Waals surface area contributed by atoms with Gasteiger partial charge >= 0.3 is 5.97 Å². The second kappa shape index (κ2) is 4.89. The standard InChI is InChI=1S/C14H17F2NO2/c1-2-8-13(12(18)19)9-14(15,16)11(17-13)10-6-4-3-5-7-10/h3-7,11,17H,2,8-9H2,1H3,(H,18,19). The van der Waals surface area contributed by atoms with Gasteiger partial charge in [0.25, 0.3) is 5.92 Å². The van der Waals surface area contributed by atoms with Crippen LogP contribution < -0.4 is 5.32 Å². The normalized spacial score (nSPS) is 29.3. The number of carboxylic acid groups (broad SMARTS) is 1. The molecule has 0 radical (unpaired) electrons. The van der Waals surface area contributed by atoms with E-state index < -0.39 is 29.9 Å². The van der Waals surface area contributed by atoms with Crippen LogP contribution in [0.15, 0.2) is 30.3 Å². The van der Waals surface area contributed by atoms with E-state index in [-0.39, 0.29) is 6.42 Å². The Morgan fingerprint density at radius 2 is 2.05 bits per heavy atom. The lowest BCUT2D eigenvalue weighted by atomic mass is 9.91. The molecule has 2 N–H and O–H groups in total. The van der Waals surface area contributed by atoms with E-state index in [0.29, 0.717) is 12.0 Å². The Morgan fingerprint density at radius 3 is 2.58 bits per heavy atom. The van der Waals surface area contributed by atoms with Crippen molar-refractivity contribution in [2.45, 2.75) is 43.7 Å². The number of rotatable bonds is 4. The summed E-state index contributed by atoms with van der Waals surface area (Å²) in [5.41, 5.74) is -1.11. The van der Waals surface area contributed by atoms with Crippen molar-refractivity contribution in [2.75, 3.05) is 0 Å². The van der Waals surface area contributed by atoms with Crippen LogP contribution in [0.1, 0.15) is 37.8 Å². The molecule has 0 saturated carbocycles. The molecule has 19 heavy (non-hydrogen) atoms. The highest BCUT2D eigenvalue weighted by Gasteiger charge is 2.59. The van der Waals surface area contributed by atoms with Crippen LogP contribution in [0, 0.1) is 0 Å². The Kier molecular flexibility index (Phi) is 3.58. The summed E-state index contributed by atoms with van der Waals surface area (Å²) < 4.78 is 28.3. The van der Waals surface area contributed by atoms with E-state index in [9.17, 15) is 18.7 Å². The maximum atomic E-state index is 14.1. The van der Waals surface area contributed by atoms with Gasteiger partial charge in [-0.25, -0.2) is 8.78 Å². The predicted molar refractivity (Wildman–Crippen MR) is 67.2 cm³/mol. The number of benzene rings is 1. The van der Waals surface area contributed by atoms with Crippen molar-refractivity contribution in [2.24, 2.45) is 0 Å². The van der Waals surface area contributed by atoms with Crippen LogP contribution in [0.25, 0.3) is 0 Å². The maximum Gasteiger partial charge on any atom is 0.324 e. The molecule has 1 fully saturated rings. The smallest absolute Gasteiger partial charge is 0.324 e. The van der Waals surface area contributed by atoms with Crippen molar-refractivity contribution in [3.8, 4) is 0 Å². The fourth-order valence-electron chi connectivity index (χ4n) is 2.74. The molecule has 0 spiro atoms. The Balaban J connectivity index is 2.35. The molecule has 5 heteroatoms. The Morgan fingerprint density at radius 1 is 1.42 bits per heavy atom. The Hall–Kier alpha value is -1.49. The monoisotopic (exact) mass is 269 g/mol. The van der Waals surface area contributed by atoms with Gasteiger partial charge in [-0.2, -0.15) is 0 Å². The van der Waals surface area contributed by atoms with E-state index >= 15 is 0 Å². The van der Waals surface area contributed by atoms with Gasteiger partial charge in [-0.3, -0.25) is 10.1 Å². The van der Waals surface area contributed by atoms with Gasteiger partial charge in [0.2, 0.25) is 0 Å². The molecule has 1 saturated heterocycles. The third kappa shape index (κ3) is 2.47. The van der Waals surface area contributed by atoms with Gasteiger partial charge in [0, 0.05) is 6.42 Å². The second-order valence-electron chi connectivity index (χ2n) is 5.06. The average Bonchev–Trinajstić information content (AvgIpc) is 2.63. The summed E-state index contributed by atoms with van der Waals surface area (Å²) in [6.45, 7) is 1.79. The zero-order valence-electron chi connectivity index (χ0n) is 10.7. The van der Waals surface area contributed by atoms with E-state index in [2.05, 4.69) is 5.32 Å². The molecule has 0 bridgehead atoms. The first-order valence-corrected chi connectivity index (χ1v) is 6.35. The number of hydrogen-bond acceptors (Lipinski definition) is 2. The number of carboxylic acids is 1. The highest BCUT2D eigenvalue weighted by Crippen LogP contribution is 2.46. The molecule has 104 valence electrons. The minimum absolute atomic E-state index is 0.196. The lowest BCUT2D eigenvalue weighted by Gasteiger charge is -2.24. The van der Waals surface area contributed by atoms with Gasteiger partial charge in [0.15, 0.2) is 0 Å². The molecule has 0 aromatic heterocycles. The van der Waals surface area contributed by atoms with Crippen molar-refractivity contribution in [3.63, 3.8) is 0 Å². The molecule has 1 aromatic rings. The number of nitrogens with one attached hydrogen (secondary N) is 1. The van der Waals surface area contributed by atoms with Crippen LogP contribution in [-0.2, 0) is 4.79 Å². The topological polar surface area (TPSA) is 49.3 Å². The molecular formula is C14H17F2NO2. The van der Waals surface area contributed by atoms with E-state index in [0.717, 1.165) is 0 Å². The summed E-state index contributed by atoms with van der Waals surface area (Å²) in [7, 11) is 0. The van der Waals surface area contributed by atoms with Gasteiger partial charge in [-0.1, -0.05) is 43.7 Å². The maximum absolute atomic E-state index is 14.1. The predicted octanol–water partition coefficient (Wildman–Crippen LogP) is 2.98. The van der Waals surface area contributed by atoms with Crippen molar-refractivity contribution >= 4 is 5.97 Å². The Labute approximate surface area is 110 Å². The van der Waals surface area contributed by atoms with Crippen molar-refractivity contribution in [1.29, 1.82) is 0 Å². The first kappa shape index (κ1) is 13.9. The second-order valence-corrected chi connectivity index (χ2v) is 5.06. The molecule has 1 aliphatic heterocycles. The fourth-order valence-corrected chi connectivity index (χ4v) is 2.74. The molecule has 1 aromatic carbocycles. The summed E-state index contributed by atoms with van der Waals surface area (Å²) in [5.74, 6) is -4.26. The van der Waals surface area contributed by atoms with Gasteiger partial charge < -0.3 is 5.11 Å². The third-order valence-corrected chi connectivity index (χ3v) is 3.60. The van der Waals surface area contributed by atoms with E-state index in [1.54, 1.807) is 37.3 Å². The summed E-state index contributed by atoms with van der Waals surface area (Å²) in [6, 6.07) is 7.04. The molecule has 0 amide bonds. The zero-order chi connectivity index (χ0) is 14.1. The highest BCUT2D eigenvalue weighted by molar-refractivity contribution is 5.79. The average molecular weight is 269 g/mol.